The van der Waals surface area contributed by atoms with Crippen molar-refractivity contribution in [3.05, 3.63) is 45.9 Å². The Balaban J connectivity index is 1.99. The van der Waals surface area contributed by atoms with Crippen molar-refractivity contribution in [2.45, 2.75) is 57.8 Å². The van der Waals surface area contributed by atoms with Gasteiger partial charge in [-0.3, -0.25) is 0 Å². The molecule has 0 N–H and O–H groups in total. The molecule has 0 spiro atoms. The lowest BCUT2D eigenvalue weighted by Gasteiger charge is -2.38. The summed E-state index contributed by atoms with van der Waals surface area (Å²) < 4.78 is 7.85. The molecule has 0 unspecified atom stereocenters. The lowest BCUT2D eigenvalue weighted by Crippen LogP contribution is -2.41. The maximum atomic E-state index is 6.70. The second-order valence-corrected chi connectivity index (χ2v) is 13.6. The van der Waals surface area contributed by atoms with E-state index in [0.717, 1.165) is 17.3 Å². The summed E-state index contributed by atoms with van der Waals surface area (Å²) in [6, 6.07) is 11.1. The molecular weight excluding hydrogens is 352 g/mol. The standard InChI is InChI=1S/C19H25BrOSi/c1-19(2,3)22(4,5)21-18-11-10-15-16(18)9-7-13-6-8-14(20)12-17(13)15/h6-9,12,18H,10-11H2,1-5H3/t18-/m1/s1. The second-order valence-electron chi connectivity index (χ2n) is 7.90. The van der Waals surface area contributed by atoms with Gasteiger partial charge in [-0.2, -0.15) is 0 Å². The van der Waals surface area contributed by atoms with Gasteiger partial charge in [0.15, 0.2) is 8.32 Å². The van der Waals surface area contributed by atoms with E-state index >= 15 is 0 Å². The van der Waals surface area contributed by atoms with Crippen LogP contribution in [0.2, 0.25) is 18.1 Å². The molecule has 1 aliphatic rings. The summed E-state index contributed by atoms with van der Waals surface area (Å²) in [7, 11) is -1.73. The molecule has 0 amide bonds. The molecule has 2 aromatic carbocycles. The normalized spacial score (nSPS) is 18.7. The molecular formula is C19H25BrOSi. The number of halogens is 1. The Bertz CT molecular complexity index is 715. The van der Waals surface area contributed by atoms with Gasteiger partial charge in [0.25, 0.3) is 0 Å². The third-order valence-electron chi connectivity index (χ3n) is 5.38. The molecule has 2 aromatic rings. The molecule has 0 aliphatic heterocycles. The molecule has 0 radical (unpaired) electrons. The van der Waals surface area contributed by atoms with Crippen LogP contribution in [-0.4, -0.2) is 8.32 Å². The largest absolute Gasteiger partial charge is 0.410 e. The zero-order valence-corrected chi connectivity index (χ0v) is 16.8. The van der Waals surface area contributed by atoms with Crippen molar-refractivity contribution in [1.29, 1.82) is 0 Å². The molecule has 3 heteroatoms. The van der Waals surface area contributed by atoms with Crippen molar-refractivity contribution in [2.24, 2.45) is 0 Å². The molecule has 118 valence electrons. The van der Waals surface area contributed by atoms with Crippen LogP contribution >= 0.6 is 15.9 Å². The molecule has 1 atom stereocenters. The topological polar surface area (TPSA) is 9.23 Å². The summed E-state index contributed by atoms with van der Waals surface area (Å²) >= 11 is 3.61. The Hall–Kier alpha value is -0.643. The van der Waals surface area contributed by atoms with Gasteiger partial charge in [0.1, 0.15) is 0 Å². The van der Waals surface area contributed by atoms with Gasteiger partial charge in [0.2, 0.25) is 0 Å². The summed E-state index contributed by atoms with van der Waals surface area (Å²) in [4.78, 5) is 0. The lowest BCUT2D eigenvalue weighted by atomic mass is 10.0. The SMILES string of the molecule is CC(C)(C)[Si](C)(C)O[C@@H]1CCc2c1ccc1ccc(Br)cc21. The summed E-state index contributed by atoms with van der Waals surface area (Å²) in [6.07, 6.45) is 2.52. The Kier molecular flexibility index (Phi) is 4.03. The first-order valence-electron chi connectivity index (χ1n) is 8.08. The molecule has 0 heterocycles. The highest BCUT2D eigenvalue weighted by Crippen LogP contribution is 2.45. The lowest BCUT2D eigenvalue weighted by molar-refractivity contribution is 0.185. The maximum absolute atomic E-state index is 6.70. The van der Waals surface area contributed by atoms with Gasteiger partial charge in [-0.1, -0.05) is 54.9 Å². The summed E-state index contributed by atoms with van der Waals surface area (Å²) in [6.45, 7) is 11.6. The van der Waals surface area contributed by atoms with E-state index in [2.05, 4.69) is 80.1 Å². The predicted octanol–water partition coefficient (Wildman–Crippen LogP) is 6.61. The van der Waals surface area contributed by atoms with E-state index in [0.29, 0.717) is 0 Å². The van der Waals surface area contributed by atoms with Gasteiger partial charge < -0.3 is 4.43 Å². The average Bonchev–Trinajstić information content (AvgIpc) is 2.80. The first-order chi connectivity index (χ1) is 10.2. The Labute approximate surface area is 143 Å². The van der Waals surface area contributed by atoms with Gasteiger partial charge >= 0.3 is 0 Å². The quantitative estimate of drug-likeness (QED) is 0.535. The Morgan fingerprint density at radius 3 is 2.50 bits per heavy atom. The van der Waals surface area contributed by atoms with E-state index < -0.39 is 8.32 Å². The summed E-state index contributed by atoms with van der Waals surface area (Å²) in [5.74, 6) is 0. The smallest absolute Gasteiger partial charge is 0.192 e. The van der Waals surface area contributed by atoms with E-state index in [-0.39, 0.29) is 11.1 Å². The molecule has 0 bridgehead atoms. The van der Waals surface area contributed by atoms with E-state index in [1.165, 1.54) is 21.9 Å². The van der Waals surface area contributed by atoms with Gasteiger partial charge in [0, 0.05) is 4.47 Å². The van der Waals surface area contributed by atoms with Gasteiger partial charge in [-0.15, -0.1) is 0 Å². The highest BCUT2D eigenvalue weighted by Gasteiger charge is 2.40. The molecule has 1 aliphatic carbocycles. The third-order valence-corrected chi connectivity index (χ3v) is 10.4. The third kappa shape index (κ3) is 2.79. The highest BCUT2D eigenvalue weighted by molar-refractivity contribution is 9.10. The molecule has 1 nitrogen and oxygen atoms in total. The van der Waals surface area contributed by atoms with Crippen LogP contribution in [0.15, 0.2) is 34.8 Å². The Morgan fingerprint density at radius 2 is 1.82 bits per heavy atom. The first-order valence-corrected chi connectivity index (χ1v) is 11.8. The average molecular weight is 377 g/mol. The van der Waals surface area contributed by atoms with E-state index in [9.17, 15) is 0 Å². The van der Waals surface area contributed by atoms with Gasteiger partial charge in [-0.25, -0.2) is 0 Å². The van der Waals surface area contributed by atoms with Crippen molar-refractivity contribution in [3.63, 3.8) is 0 Å². The van der Waals surface area contributed by atoms with Crippen LogP contribution in [0.3, 0.4) is 0 Å². The van der Waals surface area contributed by atoms with E-state index in [1.807, 2.05) is 0 Å². The minimum atomic E-state index is -1.73. The van der Waals surface area contributed by atoms with Crippen LogP contribution in [0, 0.1) is 0 Å². The fourth-order valence-corrected chi connectivity index (χ4v) is 4.71. The van der Waals surface area contributed by atoms with Crippen molar-refractivity contribution >= 4 is 35.0 Å². The fraction of sp³-hybridized carbons (Fsp3) is 0.474. The molecule has 3 rings (SSSR count). The van der Waals surface area contributed by atoms with Crippen molar-refractivity contribution in [3.8, 4) is 0 Å². The number of rotatable bonds is 2. The molecule has 0 saturated carbocycles. The van der Waals surface area contributed by atoms with Crippen molar-refractivity contribution in [2.75, 3.05) is 0 Å². The maximum Gasteiger partial charge on any atom is 0.192 e. The number of hydrogen-bond donors (Lipinski definition) is 0. The minimum Gasteiger partial charge on any atom is -0.410 e. The minimum absolute atomic E-state index is 0.260. The zero-order chi connectivity index (χ0) is 16.1. The molecule has 0 saturated heterocycles. The van der Waals surface area contributed by atoms with Gasteiger partial charge in [0.05, 0.1) is 6.10 Å². The van der Waals surface area contributed by atoms with E-state index in [1.54, 1.807) is 0 Å². The fourth-order valence-electron chi connectivity index (χ4n) is 3.04. The van der Waals surface area contributed by atoms with Crippen molar-refractivity contribution in [1.82, 2.24) is 0 Å². The highest BCUT2D eigenvalue weighted by atomic mass is 79.9. The second kappa shape index (κ2) is 5.47. The number of aryl methyl sites for hydroxylation is 1. The summed E-state index contributed by atoms with van der Waals surface area (Å²) in [5.41, 5.74) is 2.90. The van der Waals surface area contributed by atoms with Crippen LogP contribution in [0.5, 0.6) is 0 Å². The zero-order valence-electron chi connectivity index (χ0n) is 14.2. The van der Waals surface area contributed by atoms with Crippen LogP contribution in [0.4, 0.5) is 0 Å². The molecule has 0 fully saturated rings. The first kappa shape index (κ1) is 16.2. The van der Waals surface area contributed by atoms with Gasteiger partial charge in [-0.05, 0) is 65.0 Å². The van der Waals surface area contributed by atoms with Crippen LogP contribution in [0.1, 0.15) is 44.4 Å². The molecule has 22 heavy (non-hydrogen) atoms. The number of benzene rings is 2. The number of hydrogen-bond acceptors (Lipinski definition) is 1. The monoisotopic (exact) mass is 376 g/mol. The summed E-state index contributed by atoms with van der Waals surface area (Å²) in [5, 5.41) is 2.97. The van der Waals surface area contributed by atoms with Crippen molar-refractivity contribution < 1.29 is 4.43 Å². The number of fused-ring (bicyclic) bond motifs is 3. The molecule has 0 aromatic heterocycles. The predicted molar refractivity (Wildman–Crippen MR) is 101 cm³/mol. The van der Waals surface area contributed by atoms with E-state index in [4.69, 9.17) is 4.43 Å². The van der Waals surface area contributed by atoms with Crippen LogP contribution in [0.25, 0.3) is 10.8 Å². The van der Waals surface area contributed by atoms with Crippen LogP contribution in [-0.2, 0) is 10.8 Å². The Morgan fingerprint density at radius 1 is 1.14 bits per heavy atom. The van der Waals surface area contributed by atoms with Crippen LogP contribution < -0.4 is 0 Å².